The van der Waals surface area contributed by atoms with Crippen molar-refractivity contribution in [3.63, 3.8) is 0 Å². The number of hydrogen-bond donors (Lipinski definition) is 0. The van der Waals surface area contributed by atoms with Crippen LogP contribution < -0.4 is 4.90 Å². The molecule has 1 aliphatic heterocycles. The molecule has 3 rings (SSSR count). The highest BCUT2D eigenvalue weighted by molar-refractivity contribution is 8.00. The van der Waals surface area contributed by atoms with Crippen LogP contribution in [0.1, 0.15) is 10.9 Å². The lowest BCUT2D eigenvalue weighted by atomic mass is 10.2. The Morgan fingerprint density at radius 1 is 1.08 bits per heavy atom. The van der Waals surface area contributed by atoms with E-state index in [4.69, 9.17) is 0 Å². The van der Waals surface area contributed by atoms with Crippen LogP contribution in [0.4, 0.5) is 14.5 Å². The Labute approximate surface area is 142 Å². The van der Waals surface area contributed by atoms with Crippen molar-refractivity contribution in [2.24, 2.45) is 0 Å². The topological polar surface area (TPSA) is 54.5 Å². The van der Waals surface area contributed by atoms with E-state index < -0.39 is 26.8 Å². The average molecular weight is 369 g/mol. The third kappa shape index (κ3) is 3.29. The van der Waals surface area contributed by atoms with Gasteiger partial charge in [0.05, 0.1) is 16.3 Å². The first-order chi connectivity index (χ1) is 11.3. The van der Waals surface area contributed by atoms with Gasteiger partial charge < -0.3 is 0 Å². The third-order valence-electron chi connectivity index (χ3n) is 3.59. The molecule has 1 amide bonds. The fourth-order valence-corrected chi connectivity index (χ4v) is 4.32. The minimum atomic E-state index is -3.32. The van der Waals surface area contributed by atoms with E-state index in [0.29, 0.717) is 5.56 Å². The monoisotopic (exact) mass is 369 g/mol. The van der Waals surface area contributed by atoms with E-state index in [1.807, 2.05) is 0 Å². The Bertz CT molecular complexity index is 878. The van der Waals surface area contributed by atoms with Gasteiger partial charge in [0.25, 0.3) is 0 Å². The van der Waals surface area contributed by atoms with Crippen molar-refractivity contribution in [1.29, 1.82) is 0 Å². The molecular weight excluding hydrogens is 356 g/mol. The van der Waals surface area contributed by atoms with Gasteiger partial charge in [0, 0.05) is 12.3 Å². The van der Waals surface area contributed by atoms with Crippen LogP contribution in [0, 0.1) is 11.6 Å². The van der Waals surface area contributed by atoms with Gasteiger partial charge in [0.2, 0.25) is 5.91 Å². The molecule has 126 valence electrons. The molecule has 1 aliphatic rings. The van der Waals surface area contributed by atoms with Crippen LogP contribution in [0.2, 0.25) is 0 Å². The van der Waals surface area contributed by atoms with E-state index in [1.54, 1.807) is 12.1 Å². The molecule has 0 aromatic heterocycles. The van der Waals surface area contributed by atoms with Gasteiger partial charge in [-0.15, -0.1) is 11.8 Å². The van der Waals surface area contributed by atoms with Gasteiger partial charge in [-0.25, -0.2) is 17.2 Å². The second kappa shape index (κ2) is 6.18. The number of hydrogen-bond acceptors (Lipinski definition) is 4. The summed E-state index contributed by atoms with van der Waals surface area (Å²) in [6, 6.07) is 9.07. The molecule has 1 heterocycles. The maximum absolute atomic E-state index is 13.5. The number of sulfone groups is 1. The SMILES string of the molecule is CS(=O)(=O)c1ccc(C2SCC(=O)N2c2cc(F)cc(F)c2)cc1. The number of anilines is 1. The zero-order valence-corrected chi connectivity index (χ0v) is 14.2. The number of nitrogens with zero attached hydrogens (tertiary/aromatic N) is 1. The van der Waals surface area contributed by atoms with Crippen molar-refractivity contribution in [2.75, 3.05) is 16.9 Å². The molecule has 4 nitrogen and oxygen atoms in total. The van der Waals surface area contributed by atoms with Crippen molar-refractivity contribution in [2.45, 2.75) is 10.3 Å². The molecule has 0 spiro atoms. The van der Waals surface area contributed by atoms with Crippen molar-refractivity contribution >= 4 is 33.2 Å². The summed E-state index contributed by atoms with van der Waals surface area (Å²) in [7, 11) is -3.32. The molecule has 1 saturated heterocycles. The number of thioether (sulfide) groups is 1. The molecule has 2 aromatic carbocycles. The first-order valence-corrected chi connectivity index (χ1v) is 9.89. The van der Waals surface area contributed by atoms with E-state index >= 15 is 0 Å². The molecule has 0 N–H and O–H groups in total. The van der Waals surface area contributed by atoms with Crippen LogP contribution >= 0.6 is 11.8 Å². The van der Waals surface area contributed by atoms with Gasteiger partial charge in [-0.2, -0.15) is 0 Å². The van der Waals surface area contributed by atoms with Gasteiger partial charge in [0.15, 0.2) is 9.84 Å². The zero-order chi connectivity index (χ0) is 17.5. The van der Waals surface area contributed by atoms with Gasteiger partial charge in [-0.1, -0.05) is 12.1 Å². The number of carbonyl (C=O) groups is 1. The largest absolute Gasteiger partial charge is 0.295 e. The Morgan fingerprint density at radius 3 is 2.21 bits per heavy atom. The molecule has 0 aliphatic carbocycles. The lowest BCUT2D eigenvalue weighted by Gasteiger charge is -2.24. The number of carbonyl (C=O) groups excluding carboxylic acids is 1. The molecule has 0 radical (unpaired) electrons. The molecule has 1 fully saturated rings. The third-order valence-corrected chi connectivity index (χ3v) is 5.93. The zero-order valence-electron chi connectivity index (χ0n) is 12.6. The minimum absolute atomic E-state index is 0.139. The van der Waals surface area contributed by atoms with Crippen LogP contribution in [0.15, 0.2) is 47.4 Å². The van der Waals surface area contributed by atoms with E-state index in [2.05, 4.69) is 0 Å². The summed E-state index contributed by atoms with van der Waals surface area (Å²) in [6.07, 6.45) is 1.11. The molecule has 2 aromatic rings. The molecule has 0 saturated carbocycles. The summed E-state index contributed by atoms with van der Waals surface area (Å²) < 4.78 is 50.0. The summed E-state index contributed by atoms with van der Waals surface area (Å²) in [5.74, 6) is -1.61. The van der Waals surface area contributed by atoms with E-state index in [9.17, 15) is 22.0 Å². The Hall–Kier alpha value is -1.93. The van der Waals surface area contributed by atoms with E-state index in [-0.39, 0.29) is 22.2 Å². The van der Waals surface area contributed by atoms with Crippen LogP contribution in [0.3, 0.4) is 0 Å². The Morgan fingerprint density at radius 2 is 1.67 bits per heavy atom. The summed E-state index contributed by atoms with van der Waals surface area (Å²) >= 11 is 1.31. The lowest BCUT2D eigenvalue weighted by molar-refractivity contribution is -0.115. The Balaban J connectivity index is 1.99. The normalized spacial score (nSPS) is 18.2. The van der Waals surface area contributed by atoms with E-state index in [1.165, 1.54) is 28.8 Å². The van der Waals surface area contributed by atoms with E-state index in [0.717, 1.165) is 24.5 Å². The van der Waals surface area contributed by atoms with Crippen molar-refractivity contribution < 1.29 is 22.0 Å². The minimum Gasteiger partial charge on any atom is -0.295 e. The van der Waals surface area contributed by atoms with Gasteiger partial charge >= 0.3 is 0 Å². The highest BCUT2D eigenvalue weighted by Gasteiger charge is 2.34. The van der Waals surface area contributed by atoms with Crippen molar-refractivity contribution in [3.05, 3.63) is 59.7 Å². The Kier molecular flexibility index (Phi) is 4.35. The van der Waals surface area contributed by atoms with Crippen LogP contribution in [-0.2, 0) is 14.6 Å². The summed E-state index contributed by atoms with van der Waals surface area (Å²) in [5.41, 5.74) is 0.822. The smallest absolute Gasteiger partial charge is 0.238 e. The molecule has 0 bridgehead atoms. The maximum atomic E-state index is 13.5. The predicted molar refractivity (Wildman–Crippen MR) is 88.6 cm³/mol. The number of amides is 1. The fraction of sp³-hybridized carbons (Fsp3) is 0.188. The van der Waals surface area contributed by atoms with Gasteiger partial charge in [0.1, 0.15) is 17.0 Å². The maximum Gasteiger partial charge on any atom is 0.238 e. The van der Waals surface area contributed by atoms with Gasteiger partial charge in [-0.05, 0) is 29.8 Å². The van der Waals surface area contributed by atoms with Crippen LogP contribution in [-0.4, -0.2) is 26.3 Å². The number of benzene rings is 2. The number of halogens is 2. The van der Waals surface area contributed by atoms with Gasteiger partial charge in [-0.3, -0.25) is 9.69 Å². The second-order valence-electron chi connectivity index (χ2n) is 5.40. The first-order valence-electron chi connectivity index (χ1n) is 6.95. The number of rotatable bonds is 3. The highest BCUT2D eigenvalue weighted by atomic mass is 32.2. The average Bonchev–Trinajstić information content (AvgIpc) is 2.87. The quantitative estimate of drug-likeness (QED) is 0.834. The predicted octanol–water partition coefficient (Wildman–Crippen LogP) is 3.15. The standard InChI is InChI=1S/C16H13F2NO3S2/c1-24(21,22)14-4-2-10(3-5-14)16-19(15(20)9-23-16)13-7-11(17)6-12(18)8-13/h2-8,16H,9H2,1H3. The molecule has 1 unspecified atom stereocenters. The lowest BCUT2D eigenvalue weighted by Crippen LogP contribution is -2.28. The molecule has 1 atom stereocenters. The van der Waals surface area contributed by atoms with Crippen molar-refractivity contribution in [3.8, 4) is 0 Å². The summed E-state index contributed by atoms with van der Waals surface area (Å²) in [4.78, 5) is 13.7. The van der Waals surface area contributed by atoms with Crippen LogP contribution in [0.25, 0.3) is 0 Å². The molecule has 24 heavy (non-hydrogen) atoms. The van der Waals surface area contributed by atoms with Crippen LogP contribution in [0.5, 0.6) is 0 Å². The summed E-state index contributed by atoms with van der Waals surface area (Å²) in [5, 5.41) is -0.465. The first kappa shape index (κ1) is 16.9. The second-order valence-corrected chi connectivity index (χ2v) is 8.48. The molecular formula is C16H13F2NO3S2. The molecule has 8 heteroatoms. The fourth-order valence-electron chi connectivity index (χ4n) is 2.51. The summed E-state index contributed by atoms with van der Waals surface area (Å²) in [6.45, 7) is 0. The van der Waals surface area contributed by atoms with Crippen molar-refractivity contribution in [1.82, 2.24) is 0 Å². The highest BCUT2D eigenvalue weighted by Crippen LogP contribution is 2.42.